The first kappa shape index (κ1) is 20.0. The van der Waals surface area contributed by atoms with Gasteiger partial charge in [0.15, 0.2) is 0 Å². The molecule has 0 atom stereocenters. The third kappa shape index (κ3) is 6.18. The summed E-state index contributed by atoms with van der Waals surface area (Å²) in [7, 11) is 3.07. The Kier molecular flexibility index (Phi) is 7.91. The van der Waals surface area contributed by atoms with E-state index in [-0.39, 0.29) is 6.61 Å². The molecule has 1 N–H and O–H groups in total. The number of hydrogen-bond donors (Lipinski definition) is 1. The van der Waals surface area contributed by atoms with Crippen molar-refractivity contribution in [3.8, 4) is 11.5 Å². The average molecular weight is 369 g/mol. The molecule has 0 saturated carbocycles. The van der Waals surface area contributed by atoms with E-state index < -0.39 is 6.09 Å². The Morgan fingerprint density at radius 1 is 1.07 bits per heavy atom. The number of benzene rings is 2. The molecule has 0 saturated heterocycles. The maximum atomic E-state index is 11.7. The van der Waals surface area contributed by atoms with Crippen LogP contribution < -0.4 is 14.8 Å². The van der Waals surface area contributed by atoms with Crippen molar-refractivity contribution in [2.45, 2.75) is 13.0 Å². The molecule has 0 heterocycles. The molecule has 0 radical (unpaired) electrons. The van der Waals surface area contributed by atoms with E-state index in [9.17, 15) is 9.59 Å². The molecule has 6 nitrogen and oxygen atoms in total. The summed E-state index contributed by atoms with van der Waals surface area (Å²) in [6.07, 6.45) is 4.60. The van der Waals surface area contributed by atoms with Crippen LogP contribution in [-0.2, 0) is 11.3 Å². The summed E-state index contributed by atoms with van der Waals surface area (Å²) in [5, 5.41) is 2.69. The van der Waals surface area contributed by atoms with Crippen LogP contribution in [-0.4, -0.2) is 33.1 Å². The van der Waals surface area contributed by atoms with Gasteiger partial charge in [0.05, 0.1) is 19.8 Å². The number of ether oxygens (including phenoxy) is 3. The van der Waals surface area contributed by atoms with Crippen molar-refractivity contribution in [3.05, 3.63) is 65.2 Å². The number of alkyl carbamates (subject to hydrolysis) is 1. The number of methoxy groups -OCH3 is 2. The minimum atomic E-state index is -0.460. The van der Waals surface area contributed by atoms with Gasteiger partial charge in [-0.3, -0.25) is 4.79 Å². The molecule has 6 heteroatoms. The van der Waals surface area contributed by atoms with Crippen LogP contribution in [0.5, 0.6) is 11.5 Å². The third-order valence-corrected chi connectivity index (χ3v) is 3.78. The average Bonchev–Trinajstić information content (AvgIpc) is 2.72. The van der Waals surface area contributed by atoms with Crippen LogP contribution >= 0.6 is 0 Å². The first-order chi connectivity index (χ1) is 13.2. The topological polar surface area (TPSA) is 73.9 Å². The molecular weight excluding hydrogens is 346 g/mol. The molecule has 0 aliphatic rings. The SMILES string of the molecule is COc1cc(C=O)cc(OC)c1C=CCCNC(=O)OCc1ccccc1. The van der Waals surface area contributed by atoms with E-state index in [1.165, 1.54) is 14.2 Å². The summed E-state index contributed by atoms with van der Waals surface area (Å²) in [5.41, 5.74) is 2.14. The molecule has 0 aliphatic heterocycles. The first-order valence-electron chi connectivity index (χ1n) is 8.50. The molecule has 142 valence electrons. The van der Waals surface area contributed by atoms with E-state index in [0.29, 0.717) is 30.0 Å². The largest absolute Gasteiger partial charge is 0.496 e. The predicted octanol–water partition coefficient (Wildman–Crippen LogP) is 3.85. The zero-order valence-corrected chi connectivity index (χ0v) is 15.4. The van der Waals surface area contributed by atoms with Gasteiger partial charge in [0, 0.05) is 12.1 Å². The number of rotatable bonds is 9. The monoisotopic (exact) mass is 369 g/mol. The van der Waals surface area contributed by atoms with E-state index >= 15 is 0 Å². The third-order valence-electron chi connectivity index (χ3n) is 3.78. The fourth-order valence-corrected chi connectivity index (χ4v) is 2.42. The number of hydrogen-bond acceptors (Lipinski definition) is 5. The molecule has 1 amide bonds. The molecule has 2 rings (SSSR count). The maximum Gasteiger partial charge on any atom is 0.407 e. The highest BCUT2D eigenvalue weighted by Gasteiger charge is 2.09. The zero-order chi connectivity index (χ0) is 19.5. The van der Waals surface area contributed by atoms with Gasteiger partial charge in [0.2, 0.25) is 0 Å². The zero-order valence-electron chi connectivity index (χ0n) is 15.4. The lowest BCUT2D eigenvalue weighted by Gasteiger charge is -2.11. The smallest absolute Gasteiger partial charge is 0.407 e. The molecule has 0 unspecified atom stereocenters. The second kappa shape index (κ2) is 10.7. The number of nitrogens with one attached hydrogen (secondary N) is 1. The highest BCUT2D eigenvalue weighted by molar-refractivity contribution is 5.80. The van der Waals surface area contributed by atoms with Crippen LogP contribution in [0.4, 0.5) is 4.79 Å². The molecular formula is C21H23NO5. The summed E-state index contributed by atoms with van der Waals surface area (Å²) in [4.78, 5) is 22.7. The van der Waals surface area contributed by atoms with Gasteiger partial charge in [-0.15, -0.1) is 0 Å². The Hall–Kier alpha value is -3.28. The summed E-state index contributed by atoms with van der Waals surface area (Å²) in [6, 6.07) is 12.8. The Balaban J connectivity index is 1.83. The van der Waals surface area contributed by atoms with Crippen LogP contribution in [0.25, 0.3) is 6.08 Å². The lowest BCUT2D eigenvalue weighted by Crippen LogP contribution is -2.24. The second-order valence-electron chi connectivity index (χ2n) is 5.64. The summed E-state index contributed by atoms with van der Waals surface area (Å²) < 4.78 is 15.8. The summed E-state index contributed by atoms with van der Waals surface area (Å²) in [5.74, 6) is 1.09. The molecule has 2 aromatic rings. The molecule has 2 aromatic carbocycles. The van der Waals surface area contributed by atoms with Gasteiger partial charge < -0.3 is 19.5 Å². The Bertz CT molecular complexity index is 761. The molecule has 0 fully saturated rings. The van der Waals surface area contributed by atoms with E-state index in [2.05, 4.69) is 5.32 Å². The maximum absolute atomic E-state index is 11.7. The van der Waals surface area contributed by atoms with Crippen LogP contribution in [0.3, 0.4) is 0 Å². The second-order valence-corrected chi connectivity index (χ2v) is 5.64. The summed E-state index contributed by atoms with van der Waals surface area (Å²) >= 11 is 0. The van der Waals surface area contributed by atoms with Crippen LogP contribution in [0.15, 0.2) is 48.5 Å². The minimum absolute atomic E-state index is 0.236. The van der Waals surface area contributed by atoms with E-state index in [1.807, 2.05) is 42.5 Å². The Morgan fingerprint density at radius 3 is 2.33 bits per heavy atom. The quantitative estimate of drug-likeness (QED) is 0.537. The highest BCUT2D eigenvalue weighted by Crippen LogP contribution is 2.31. The van der Waals surface area contributed by atoms with Crippen molar-refractivity contribution in [2.75, 3.05) is 20.8 Å². The molecule has 27 heavy (non-hydrogen) atoms. The Labute approximate surface area is 158 Å². The van der Waals surface area contributed by atoms with Crippen molar-refractivity contribution in [3.63, 3.8) is 0 Å². The van der Waals surface area contributed by atoms with Gasteiger partial charge in [0.1, 0.15) is 24.4 Å². The number of carbonyl (C=O) groups excluding carboxylic acids is 2. The van der Waals surface area contributed by atoms with Gasteiger partial charge in [-0.2, -0.15) is 0 Å². The van der Waals surface area contributed by atoms with E-state index in [0.717, 1.165) is 17.4 Å². The van der Waals surface area contributed by atoms with E-state index in [1.54, 1.807) is 12.1 Å². The van der Waals surface area contributed by atoms with Gasteiger partial charge >= 0.3 is 6.09 Å². The normalized spacial score (nSPS) is 10.4. The van der Waals surface area contributed by atoms with Gasteiger partial charge in [-0.1, -0.05) is 42.5 Å². The fraction of sp³-hybridized carbons (Fsp3) is 0.238. The van der Waals surface area contributed by atoms with Gasteiger partial charge in [-0.05, 0) is 24.1 Å². The predicted molar refractivity (Wildman–Crippen MR) is 103 cm³/mol. The van der Waals surface area contributed by atoms with Crippen molar-refractivity contribution in [1.29, 1.82) is 0 Å². The molecule has 0 aromatic heterocycles. The standard InChI is InChI=1S/C21H23NO5/c1-25-19-12-17(14-23)13-20(26-2)18(19)10-6-7-11-22-21(24)27-15-16-8-4-3-5-9-16/h3-6,8-10,12-14H,7,11,15H2,1-2H3,(H,22,24). The molecule has 0 bridgehead atoms. The van der Waals surface area contributed by atoms with Gasteiger partial charge in [0.25, 0.3) is 0 Å². The highest BCUT2D eigenvalue weighted by atomic mass is 16.5. The molecule has 0 spiro atoms. The Morgan fingerprint density at radius 2 is 1.74 bits per heavy atom. The van der Waals surface area contributed by atoms with Crippen molar-refractivity contribution >= 4 is 18.5 Å². The number of amides is 1. The summed E-state index contributed by atoms with van der Waals surface area (Å²) in [6.45, 7) is 0.668. The minimum Gasteiger partial charge on any atom is -0.496 e. The van der Waals surface area contributed by atoms with Crippen LogP contribution in [0.2, 0.25) is 0 Å². The van der Waals surface area contributed by atoms with Crippen LogP contribution in [0.1, 0.15) is 27.9 Å². The van der Waals surface area contributed by atoms with E-state index in [4.69, 9.17) is 14.2 Å². The lowest BCUT2D eigenvalue weighted by molar-refractivity contribution is 0.112. The number of aldehydes is 1. The van der Waals surface area contributed by atoms with Gasteiger partial charge in [-0.25, -0.2) is 4.79 Å². The number of carbonyl (C=O) groups is 2. The fourth-order valence-electron chi connectivity index (χ4n) is 2.42. The molecule has 0 aliphatic carbocycles. The van der Waals surface area contributed by atoms with Crippen molar-refractivity contribution < 1.29 is 23.8 Å². The van der Waals surface area contributed by atoms with Crippen molar-refractivity contribution in [2.24, 2.45) is 0 Å². The van der Waals surface area contributed by atoms with Crippen molar-refractivity contribution in [1.82, 2.24) is 5.32 Å². The first-order valence-corrected chi connectivity index (χ1v) is 8.50. The van der Waals surface area contributed by atoms with Crippen LogP contribution in [0, 0.1) is 0 Å². The lowest BCUT2D eigenvalue weighted by atomic mass is 10.1.